The first-order valence-electron chi connectivity index (χ1n) is 9.06. The lowest BCUT2D eigenvalue weighted by Gasteiger charge is -2.15. The van der Waals surface area contributed by atoms with E-state index < -0.39 is 0 Å². The summed E-state index contributed by atoms with van der Waals surface area (Å²) in [5.41, 5.74) is 3.38. The smallest absolute Gasteiger partial charge is 0.251 e. The van der Waals surface area contributed by atoms with Gasteiger partial charge in [0.25, 0.3) is 5.91 Å². The molecule has 4 rings (SSSR count). The van der Waals surface area contributed by atoms with E-state index in [0.29, 0.717) is 11.3 Å². The van der Waals surface area contributed by atoms with Gasteiger partial charge < -0.3 is 14.8 Å². The lowest BCUT2D eigenvalue weighted by molar-refractivity contribution is 0.0940. The first-order chi connectivity index (χ1) is 13.7. The molecular weight excluding hydrogens is 350 g/mol. The summed E-state index contributed by atoms with van der Waals surface area (Å²) in [6.45, 7) is 2.17. The van der Waals surface area contributed by atoms with Gasteiger partial charge in [-0.15, -0.1) is 0 Å². The minimum absolute atomic E-state index is 0.132. The number of nitrogens with one attached hydrogen (secondary N) is 1. The molecule has 1 heterocycles. The van der Waals surface area contributed by atoms with E-state index in [1.165, 1.54) is 0 Å². The number of carbonyl (C=O) groups excluding carboxylic acids is 1. The third-order valence-corrected chi connectivity index (χ3v) is 4.52. The molecule has 3 aromatic rings. The average molecular weight is 369 g/mol. The summed E-state index contributed by atoms with van der Waals surface area (Å²) in [5, 5.41) is 3.01. The van der Waals surface area contributed by atoms with Crippen LogP contribution in [0.15, 0.2) is 72.8 Å². The normalized spacial score (nSPS) is 12.6. The number of fused-ring (bicyclic) bond motifs is 1. The van der Waals surface area contributed by atoms with Crippen LogP contribution in [0, 0.1) is 11.8 Å². The van der Waals surface area contributed by atoms with Gasteiger partial charge in [-0.25, -0.2) is 0 Å². The number of carbonyl (C=O) groups is 1. The van der Waals surface area contributed by atoms with Crippen molar-refractivity contribution in [2.45, 2.75) is 13.0 Å². The lowest BCUT2D eigenvalue weighted by atomic mass is 10.1. The molecule has 138 valence electrons. The Kier molecular flexibility index (Phi) is 4.99. The third-order valence-electron chi connectivity index (χ3n) is 4.52. The fourth-order valence-corrected chi connectivity index (χ4v) is 2.92. The van der Waals surface area contributed by atoms with Gasteiger partial charge in [-0.3, -0.25) is 4.79 Å². The average Bonchev–Trinajstić information content (AvgIpc) is 3.21. The molecule has 0 saturated carbocycles. The van der Waals surface area contributed by atoms with Crippen LogP contribution in [0.2, 0.25) is 0 Å². The molecule has 0 saturated heterocycles. The molecule has 0 aliphatic carbocycles. The van der Waals surface area contributed by atoms with Gasteiger partial charge in [-0.05, 0) is 61.0 Å². The topological polar surface area (TPSA) is 47.6 Å². The second-order valence-electron chi connectivity index (χ2n) is 6.50. The van der Waals surface area contributed by atoms with Crippen LogP contribution in [0.1, 0.15) is 40.0 Å². The Labute approximate surface area is 164 Å². The monoisotopic (exact) mass is 369 g/mol. The maximum absolute atomic E-state index is 12.5. The van der Waals surface area contributed by atoms with E-state index in [0.717, 1.165) is 22.4 Å². The maximum atomic E-state index is 12.5. The van der Waals surface area contributed by atoms with E-state index in [4.69, 9.17) is 9.47 Å². The predicted octanol–water partition coefficient (Wildman–Crippen LogP) is 4.31. The van der Waals surface area contributed by atoms with Crippen molar-refractivity contribution in [3.8, 4) is 23.3 Å². The van der Waals surface area contributed by atoms with Gasteiger partial charge in [-0.2, -0.15) is 0 Å². The van der Waals surface area contributed by atoms with Gasteiger partial charge in [0, 0.05) is 16.7 Å². The molecule has 0 spiro atoms. The van der Waals surface area contributed by atoms with Crippen molar-refractivity contribution in [2.75, 3.05) is 6.79 Å². The Hall–Kier alpha value is -3.71. The molecule has 1 aliphatic heterocycles. The lowest BCUT2D eigenvalue weighted by Crippen LogP contribution is -2.26. The maximum Gasteiger partial charge on any atom is 0.251 e. The van der Waals surface area contributed by atoms with Gasteiger partial charge >= 0.3 is 0 Å². The zero-order chi connectivity index (χ0) is 19.3. The van der Waals surface area contributed by atoms with Gasteiger partial charge in [0.1, 0.15) is 0 Å². The zero-order valence-electron chi connectivity index (χ0n) is 15.4. The molecule has 28 heavy (non-hydrogen) atoms. The van der Waals surface area contributed by atoms with Crippen molar-refractivity contribution >= 4 is 5.91 Å². The zero-order valence-corrected chi connectivity index (χ0v) is 15.4. The van der Waals surface area contributed by atoms with E-state index >= 15 is 0 Å². The van der Waals surface area contributed by atoms with Crippen LogP contribution in [0.4, 0.5) is 0 Å². The van der Waals surface area contributed by atoms with Gasteiger partial charge in [0.2, 0.25) is 6.79 Å². The summed E-state index contributed by atoms with van der Waals surface area (Å²) in [7, 11) is 0. The molecule has 0 radical (unpaired) electrons. The van der Waals surface area contributed by atoms with E-state index in [1.54, 1.807) is 12.1 Å². The van der Waals surface area contributed by atoms with Crippen LogP contribution in [-0.2, 0) is 0 Å². The van der Waals surface area contributed by atoms with Crippen molar-refractivity contribution in [1.82, 2.24) is 5.32 Å². The molecule has 4 nitrogen and oxygen atoms in total. The minimum Gasteiger partial charge on any atom is -0.454 e. The molecule has 0 aromatic heterocycles. The molecule has 0 bridgehead atoms. The van der Waals surface area contributed by atoms with Gasteiger partial charge in [0.15, 0.2) is 11.5 Å². The molecule has 1 unspecified atom stereocenters. The number of rotatable bonds is 3. The van der Waals surface area contributed by atoms with E-state index in [1.807, 2.05) is 67.6 Å². The molecule has 1 amide bonds. The Balaban J connectivity index is 1.41. The quantitative estimate of drug-likeness (QED) is 0.700. The molecule has 4 heteroatoms. The summed E-state index contributed by atoms with van der Waals surface area (Å²) in [5.74, 6) is 7.53. The Bertz CT molecular complexity index is 1050. The number of amides is 1. The van der Waals surface area contributed by atoms with Crippen LogP contribution in [-0.4, -0.2) is 12.7 Å². The fourth-order valence-electron chi connectivity index (χ4n) is 2.92. The largest absolute Gasteiger partial charge is 0.454 e. The van der Waals surface area contributed by atoms with Crippen molar-refractivity contribution < 1.29 is 14.3 Å². The Morgan fingerprint density at radius 2 is 1.57 bits per heavy atom. The first-order valence-corrected chi connectivity index (χ1v) is 9.06. The summed E-state index contributed by atoms with van der Waals surface area (Å²) < 4.78 is 10.7. The number of benzene rings is 3. The Morgan fingerprint density at radius 3 is 2.32 bits per heavy atom. The van der Waals surface area contributed by atoms with E-state index in [-0.39, 0.29) is 18.7 Å². The SMILES string of the molecule is CC(NC(=O)c1ccc(C#Cc2ccccc2)cc1)c1ccc2c(c1)OCO2. The van der Waals surface area contributed by atoms with Crippen LogP contribution in [0.5, 0.6) is 11.5 Å². The van der Waals surface area contributed by atoms with Crippen molar-refractivity contribution in [1.29, 1.82) is 0 Å². The second kappa shape index (κ2) is 7.89. The highest BCUT2D eigenvalue weighted by Gasteiger charge is 2.17. The molecular formula is C24H19NO3. The highest BCUT2D eigenvalue weighted by molar-refractivity contribution is 5.94. The van der Waals surface area contributed by atoms with E-state index in [9.17, 15) is 4.79 Å². The Morgan fingerprint density at radius 1 is 0.893 bits per heavy atom. The highest BCUT2D eigenvalue weighted by atomic mass is 16.7. The van der Waals surface area contributed by atoms with E-state index in [2.05, 4.69) is 17.2 Å². The minimum atomic E-state index is -0.153. The number of ether oxygens (including phenoxy) is 2. The molecule has 3 aromatic carbocycles. The van der Waals surface area contributed by atoms with Crippen LogP contribution in [0.25, 0.3) is 0 Å². The van der Waals surface area contributed by atoms with Crippen LogP contribution in [0.3, 0.4) is 0 Å². The number of hydrogen-bond acceptors (Lipinski definition) is 3. The second-order valence-corrected chi connectivity index (χ2v) is 6.50. The van der Waals surface area contributed by atoms with Crippen molar-refractivity contribution in [3.63, 3.8) is 0 Å². The fraction of sp³-hybridized carbons (Fsp3) is 0.125. The van der Waals surface area contributed by atoms with Crippen LogP contribution >= 0.6 is 0 Å². The van der Waals surface area contributed by atoms with Gasteiger partial charge in [-0.1, -0.05) is 36.1 Å². The van der Waals surface area contributed by atoms with Crippen molar-refractivity contribution in [2.24, 2.45) is 0 Å². The summed E-state index contributed by atoms with van der Waals surface area (Å²) in [6.07, 6.45) is 0. The van der Waals surface area contributed by atoms with Crippen LogP contribution < -0.4 is 14.8 Å². The number of hydrogen-bond donors (Lipinski definition) is 1. The summed E-state index contributed by atoms with van der Waals surface area (Å²) >= 11 is 0. The molecule has 1 aliphatic rings. The molecule has 0 fully saturated rings. The molecule has 1 atom stereocenters. The first kappa shape index (κ1) is 17.7. The third kappa shape index (κ3) is 3.99. The summed E-state index contributed by atoms with van der Waals surface area (Å²) in [4.78, 5) is 12.5. The van der Waals surface area contributed by atoms with Gasteiger partial charge in [0.05, 0.1) is 6.04 Å². The van der Waals surface area contributed by atoms with Crippen molar-refractivity contribution in [3.05, 3.63) is 95.1 Å². The predicted molar refractivity (Wildman–Crippen MR) is 107 cm³/mol. The summed E-state index contributed by atoms with van der Waals surface area (Å²) in [6, 6.07) is 22.6. The molecule has 1 N–H and O–H groups in total. The standard InChI is InChI=1S/C24H19NO3/c1-17(21-13-14-22-23(15-21)28-16-27-22)25-24(26)20-11-9-19(10-12-20)8-7-18-5-3-2-4-6-18/h2-6,9-15,17H,16H2,1H3,(H,25,26). The highest BCUT2D eigenvalue weighted by Crippen LogP contribution is 2.34.